The molecule has 0 aromatic heterocycles. The lowest BCUT2D eigenvalue weighted by atomic mass is 9.98. The Morgan fingerprint density at radius 2 is 1.95 bits per heavy atom. The number of hydrogen-bond donors (Lipinski definition) is 1. The summed E-state index contributed by atoms with van der Waals surface area (Å²) in [6.07, 6.45) is 1.20. The molecule has 0 saturated heterocycles. The van der Waals surface area contributed by atoms with Crippen LogP contribution in [0.2, 0.25) is 0 Å². The summed E-state index contributed by atoms with van der Waals surface area (Å²) >= 11 is 0. The number of allylic oxidation sites excluding steroid dienone is 1. The zero-order valence-corrected chi connectivity index (χ0v) is 12.0. The number of rotatable bonds is 7. The van der Waals surface area contributed by atoms with Crippen molar-refractivity contribution in [1.82, 2.24) is 5.32 Å². The van der Waals surface area contributed by atoms with Gasteiger partial charge in [-0.3, -0.25) is 4.79 Å². The Bertz CT molecular complexity index is 454. The van der Waals surface area contributed by atoms with Gasteiger partial charge in [0.25, 0.3) is 0 Å². The van der Waals surface area contributed by atoms with E-state index in [9.17, 15) is 9.59 Å². The molecule has 0 heterocycles. The summed E-state index contributed by atoms with van der Waals surface area (Å²) in [5, 5.41) is 2.61. The third-order valence-corrected chi connectivity index (χ3v) is 2.85. The van der Waals surface area contributed by atoms with Gasteiger partial charge in [-0.25, -0.2) is 4.79 Å². The standard InChI is InChI=1S/C16H21NO3/c1-4-8-14(18)15(12(2)3)17-16(19)20-11-13-9-6-5-7-10-13/h4-7,9-10,12,15H,1,8,11H2,2-3H3,(H,17,19)/t15-/m0/s1. The van der Waals surface area contributed by atoms with Gasteiger partial charge in [-0.2, -0.15) is 0 Å². The molecule has 0 saturated carbocycles. The molecule has 1 N–H and O–H groups in total. The second kappa shape index (κ2) is 8.15. The number of Topliss-reactive ketones (excluding diaryl/α,β-unsaturated/α-hetero) is 1. The molecule has 1 aromatic carbocycles. The van der Waals surface area contributed by atoms with Crippen LogP contribution in [0.4, 0.5) is 4.79 Å². The number of hydrogen-bond acceptors (Lipinski definition) is 3. The lowest BCUT2D eigenvalue weighted by Crippen LogP contribution is -2.44. The van der Waals surface area contributed by atoms with Crippen molar-refractivity contribution in [2.24, 2.45) is 5.92 Å². The number of benzene rings is 1. The van der Waals surface area contributed by atoms with Crippen molar-refractivity contribution in [3.8, 4) is 0 Å². The van der Waals surface area contributed by atoms with Crippen molar-refractivity contribution in [3.63, 3.8) is 0 Å². The van der Waals surface area contributed by atoms with E-state index in [2.05, 4.69) is 11.9 Å². The average molecular weight is 275 g/mol. The summed E-state index contributed by atoms with van der Waals surface area (Å²) in [7, 11) is 0. The van der Waals surface area contributed by atoms with Crippen LogP contribution in [0.5, 0.6) is 0 Å². The first-order chi connectivity index (χ1) is 9.54. The smallest absolute Gasteiger partial charge is 0.408 e. The number of carbonyl (C=O) groups is 2. The highest BCUT2D eigenvalue weighted by atomic mass is 16.5. The van der Waals surface area contributed by atoms with E-state index in [4.69, 9.17) is 4.74 Å². The van der Waals surface area contributed by atoms with Crippen LogP contribution < -0.4 is 5.32 Å². The Kier molecular flexibility index (Phi) is 6.50. The van der Waals surface area contributed by atoms with E-state index in [1.165, 1.54) is 6.08 Å². The first-order valence-corrected chi connectivity index (χ1v) is 6.65. The van der Waals surface area contributed by atoms with Gasteiger partial charge in [0.1, 0.15) is 6.61 Å². The van der Waals surface area contributed by atoms with Crippen molar-refractivity contribution in [2.45, 2.75) is 32.9 Å². The molecule has 0 aliphatic carbocycles. The first kappa shape index (κ1) is 16.0. The number of carbonyl (C=O) groups excluding carboxylic acids is 2. The van der Waals surface area contributed by atoms with E-state index in [1.807, 2.05) is 44.2 Å². The maximum absolute atomic E-state index is 11.9. The van der Waals surface area contributed by atoms with Gasteiger partial charge in [0.05, 0.1) is 6.04 Å². The van der Waals surface area contributed by atoms with Crippen LogP contribution in [0.3, 0.4) is 0 Å². The molecule has 108 valence electrons. The highest BCUT2D eigenvalue weighted by Crippen LogP contribution is 2.07. The molecule has 4 nitrogen and oxygen atoms in total. The molecule has 1 rings (SSSR count). The maximum atomic E-state index is 11.9. The molecule has 0 bridgehead atoms. The molecule has 0 spiro atoms. The number of amides is 1. The fourth-order valence-electron chi connectivity index (χ4n) is 1.78. The van der Waals surface area contributed by atoms with Crippen LogP contribution in [-0.4, -0.2) is 17.9 Å². The molecule has 0 aliphatic rings. The fourth-order valence-corrected chi connectivity index (χ4v) is 1.78. The van der Waals surface area contributed by atoms with Gasteiger partial charge in [-0.15, -0.1) is 6.58 Å². The quantitative estimate of drug-likeness (QED) is 0.778. The van der Waals surface area contributed by atoms with E-state index < -0.39 is 12.1 Å². The molecule has 0 radical (unpaired) electrons. The Hall–Kier alpha value is -2.10. The van der Waals surface area contributed by atoms with E-state index in [-0.39, 0.29) is 24.7 Å². The van der Waals surface area contributed by atoms with Crippen LogP contribution in [0.25, 0.3) is 0 Å². The lowest BCUT2D eigenvalue weighted by Gasteiger charge is -2.20. The summed E-state index contributed by atoms with van der Waals surface area (Å²) < 4.78 is 5.11. The minimum Gasteiger partial charge on any atom is -0.445 e. The first-order valence-electron chi connectivity index (χ1n) is 6.65. The third kappa shape index (κ3) is 5.26. The highest BCUT2D eigenvalue weighted by molar-refractivity contribution is 5.88. The second-order valence-corrected chi connectivity index (χ2v) is 4.89. The predicted molar refractivity (Wildman–Crippen MR) is 78.2 cm³/mol. The molecule has 1 amide bonds. The fraction of sp³-hybridized carbons (Fsp3) is 0.375. The highest BCUT2D eigenvalue weighted by Gasteiger charge is 2.23. The van der Waals surface area contributed by atoms with Gasteiger partial charge >= 0.3 is 6.09 Å². The Labute approximate surface area is 119 Å². The molecule has 0 aliphatic heterocycles. The topological polar surface area (TPSA) is 55.4 Å². The minimum absolute atomic E-state index is 0.00623. The second-order valence-electron chi connectivity index (χ2n) is 4.89. The van der Waals surface area contributed by atoms with Crippen molar-refractivity contribution in [1.29, 1.82) is 0 Å². The van der Waals surface area contributed by atoms with Gasteiger partial charge in [0.15, 0.2) is 5.78 Å². The molecule has 4 heteroatoms. The van der Waals surface area contributed by atoms with Crippen LogP contribution in [0, 0.1) is 5.92 Å². The van der Waals surface area contributed by atoms with Gasteiger partial charge in [0.2, 0.25) is 0 Å². The summed E-state index contributed by atoms with van der Waals surface area (Å²) in [6, 6.07) is 8.84. The van der Waals surface area contributed by atoms with E-state index >= 15 is 0 Å². The van der Waals surface area contributed by atoms with Gasteiger partial charge in [-0.05, 0) is 11.5 Å². The molecular weight excluding hydrogens is 254 g/mol. The number of ether oxygens (including phenoxy) is 1. The third-order valence-electron chi connectivity index (χ3n) is 2.85. The van der Waals surface area contributed by atoms with Gasteiger partial charge in [-0.1, -0.05) is 50.3 Å². The molecule has 0 unspecified atom stereocenters. The lowest BCUT2D eigenvalue weighted by molar-refractivity contribution is -0.121. The Balaban J connectivity index is 2.50. The predicted octanol–water partition coefficient (Wildman–Crippen LogP) is 3.08. The van der Waals surface area contributed by atoms with E-state index in [0.717, 1.165) is 5.56 Å². The monoisotopic (exact) mass is 275 g/mol. The summed E-state index contributed by atoms with van der Waals surface area (Å²) in [5.41, 5.74) is 0.904. The van der Waals surface area contributed by atoms with Crippen LogP contribution in [0.15, 0.2) is 43.0 Å². The van der Waals surface area contributed by atoms with E-state index in [0.29, 0.717) is 0 Å². The zero-order chi connectivity index (χ0) is 15.0. The number of nitrogens with one attached hydrogen (secondary N) is 1. The van der Waals surface area contributed by atoms with Crippen molar-refractivity contribution in [3.05, 3.63) is 48.6 Å². The SMILES string of the molecule is C=CCC(=O)[C@@H](NC(=O)OCc1ccccc1)C(C)C. The van der Waals surface area contributed by atoms with Crippen LogP contribution >= 0.6 is 0 Å². The molecule has 1 atom stereocenters. The summed E-state index contributed by atoms with van der Waals surface area (Å²) in [6.45, 7) is 7.48. The Morgan fingerprint density at radius 1 is 1.30 bits per heavy atom. The summed E-state index contributed by atoms with van der Waals surface area (Å²) in [5.74, 6) is -0.0570. The number of alkyl carbamates (subject to hydrolysis) is 1. The minimum atomic E-state index is -0.579. The molecular formula is C16H21NO3. The normalized spacial score (nSPS) is 11.8. The van der Waals surface area contributed by atoms with Crippen molar-refractivity contribution in [2.75, 3.05) is 0 Å². The Morgan fingerprint density at radius 3 is 2.50 bits per heavy atom. The molecule has 1 aromatic rings. The van der Waals surface area contributed by atoms with Gasteiger partial charge in [0, 0.05) is 6.42 Å². The van der Waals surface area contributed by atoms with Gasteiger partial charge < -0.3 is 10.1 Å². The van der Waals surface area contributed by atoms with E-state index in [1.54, 1.807) is 0 Å². The molecule has 0 fully saturated rings. The summed E-state index contributed by atoms with van der Waals surface area (Å²) in [4.78, 5) is 23.6. The zero-order valence-electron chi connectivity index (χ0n) is 12.0. The van der Waals surface area contributed by atoms with Crippen molar-refractivity contribution < 1.29 is 14.3 Å². The largest absolute Gasteiger partial charge is 0.445 e. The number of ketones is 1. The molecule has 20 heavy (non-hydrogen) atoms. The van der Waals surface area contributed by atoms with Crippen molar-refractivity contribution >= 4 is 11.9 Å². The average Bonchev–Trinajstić information content (AvgIpc) is 2.43. The van der Waals surface area contributed by atoms with Crippen LogP contribution in [0.1, 0.15) is 25.8 Å². The maximum Gasteiger partial charge on any atom is 0.408 e. The van der Waals surface area contributed by atoms with Crippen LogP contribution in [-0.2, 0) is 16.1 Å².